The van der Waals surface area contributed by atoms with Crippen molar-refractivity contribution in [3.05, 3.63) is 35.9 Å². The molecule has 20 heavy (non-hydrogen) atoms. The zero-order chi connectivity index (χ0) is 15.0. The maximum absolute atomic E-state index is 11.6. The van der Waals surface area contributed by atoms with Crippen LogP contribution < -0.4 is 5.32 Å². The number of carbonyl (C=O) groups excluding carboxylic acids is 1. The van der Waals surface area contributed by atoms with E-state index in [2.05, 4.69) is 5.32 Å². The molecule has 0 aliphatic heterocycles. The molecule has 1 amide bonds. The number of hydrogen-bond acceptors (Lipinski definition) is 3. The predicted octanol–water partition coefficient (Wildman–Crippen LogP) is 1.35. The average molecular weight is 279 g/mol. The molecule has 0 fully saturated rings. The fourth-order valence-electron chi connectivity index (χ4n) is 1.86. The highest BCUT2D eigenvalue weighted by atomic mass is 16.4. The Balaban J connectivity index is 2.22. The number of rotatable bonds is 8. The molecule has 1 aromatic carbocycles. The number of carboxylic acid groups (broad SMARTS) is 1. The number of aliphatic hydroxyl groups is 1. The van der Waals surface area contributed by atoms with Crippen LogP contribution in [0.5, 0.6) is 0 Å². The van der Waals surface area contributed by atoms with E-state index in [1.807, 2.05) is 30.3 Å². The van der Waals surface area contributed by atoms with E-state index in [-0.39, 0.29) is 12.5 Å². The summed E-state index contributed by atoms with van der Waals surface area (Å²) in [6.45, 7) is 1.34. The molecule has 0 bridgehead atoms. The van der Waals surface area contributed by atoms with Crippen LogP contribution in [-0.4, -0.2) is 34.2 Å². The molecular weight excluding hydrogens is 258 g/mol. The van der Waals surface area contributed by atoms with Crippen molar-refractivity contribution in [2.75, 3.05) is 6.54 Å². The number of nitrogens with one attached hydrogen (secondary N) is 1. The lowest BCUT2D eigenvalue weighted by Gasteiger charge is -2.21. The maximum Gasteiger partial charge on any atom is 0.306 e. The number of benzene rings is 1. The Morgan fingerprint density at radius 1 is 1.25 bits per heavy atom. The van der Waals surface area contributed by atoms with Crippen molar-refractivity contribution in [3.8, 4) is 0 Å². The molecule has 0 aromatic heterocycles. The number of aryl methyl sites for hydroxylation is 1. The van der Waals surface area contributed by atoms with Crippen LogP contribution in [0.4, 0.5) is 0 Å². The average Bonchev–Trinajstić information content (AvgIpc) is 2.36. The van der Waals surface area contributed by atoms with Gasteiger partial charge in [-0.15, -0.1) is 0 Å². The highest BCUT2D eigenvalue weighted by Gasteiger charge is 2.24. The summed E-state index contributed by atoms with van der Waals surface area (Å²) in [6.07, 6.45) is 1.51. The zero-order valence-corrected chi connectivity index (χ0v) is 11.6. The summed E-state index contributed by atoms with van der Waals surface area (Å²) in [6, 6.07) is 9.88. The van der Waals surface area contributed by atoms with Crippen LogP contribution in [0.2, 0.25) is 0 Å². The van der Waals surface area contributed by atoms with Gasteiger partial charge in [0.15, 0.2) is 0 Å². The lowest BCUT2D eigenvalue weighted by molar-refractivity contribution is -0.142. The minimum atomic E-state index is -1.42. The topological polar surface area (TPSA) is 86.6 Å². The van der Waals surface area contributed by atoms with Crippen LogP contribution in [0.3, 0.4) is 0 Å². The Morgan fingerprint density at radius 3 is 2.50 bits per heavy atom. The van der Waals surface area contributed by atoms with Gasteiger partial charge in [-0.1, -0.05) is 30.3 Å². The highest BCUT2D eigenvalue weighted by molar-refractivity contribution is 5.76. The zero-order valence-electron chi connectivity index (χ0n) is 11.6. The fraction of sp³-hybridized carbons (Fsp3) is 0.467. The normalized spacial score (nSPS) is 13.5. The van der Waals surface area contributed by atoms with Crippen molar-refractivity contribution < 1.29 is 19.8 Å². The van der Waals surface area contributed by atoms with Crippen molar-refractivity contribution in [1.82, 2.24) is 5.32 Å². The van der Waals surface area contributed by atoms with Crippen molar-refractivity contribution in [1.29, 1.82) is 0 Å². The summed E-state index contributed by atoms with van der Waals surface area (Å²) < 4.78 is 0. The minimum absolute atomic E-state index is 0.0521. The molecule has 5 heteroatoms. The van der Waals surface area contributed by atoms with E-state index in [0.717, 1.165) is 12.8 Å². The van der Waals surface area contributed by atoms with E-state index >= 15 is 0 Å². The van der Waals surface area contributed by atoms with Gasteiger partial charge >= 0.3 is 5.97 Å². The van der Waals surface area contributed by atoms with E-state index in [0.29, 0.717) is 6.42 Å². The second-order valence-electron chi connectivity index (χ2n) is 5.18. The number of carbonyl (C=O) groups is 2. The Morgan fingerprint density at radius 2 is 1.90 bits per heavy atom. The van der Waals surface area contributed by atoms with E-state index in [1.54, 1.807) is 0 Å². The molecule has 0 saturated heterocycles. The lowest BCUT2D eigenvalue weighted by atomic mass is 10.0. The molecule has 0 aliphatic rings. The number of carboxylic acids is 1. The molecule has 1 aromatic rings. The molecule has 0 heterocycles. The number of aliphatic carboxylic acids is 1. The molecule has 5 nitrogen and oxygen atoms in total. The quantitative estimate of drug-likeness (QED) is 0.670. The second-order valence-corrected chi connectivity index (χ2v) is 5.18. The van der Waals surface area contributed by atoms with Crippen LogP contribution >= 0.6 is 0 Å². The summed E-state index contributed by atoms with van der Waals surface area (Å²) in [5.41, 5.74) is -0.237. The molecule has 1 unspecified atom stereocenters. The van der Waals surface area contributed by atoms with Gasteiger partial charge in [-0.05, 0) is 25.3 Å². The number of amides is 1. The van der Waals surface area contributed by atoms with Gasteiger partial charge in [0.05, 0.1) is 12.0 Å². The van der Waals surface area contributed by atoms with Gasteiger partial charge < -0.3 is 15.5 Å². The molecule has 0 spiro atoms. The van der Waals surface area contributed by atoms with Gasteiger partial charge in [0, 0.05) is 13.0 Å². The first-order valence-corrected chi connectivity index (χ1v) is 6.64. The summed E-state index contributed by atoms with van der Waals surface area (Å²) in [7, 11) is 0. The van der Waals surface area contributed by atoms with Crippen LogP contribution in [-0.2, 0) is 16.0 Å². The Labute approximate surface area is 118 Å². The molecule has 1 atom stereocenters. The summed E-state index contributed by atoms with van der Waals surface area (Å²) in [5.74, 6) is -1.26. The first-order chi connectivity index (χ1) is 9.39. The monoisotopic (exact) mass is 279 g/mol. The molecule has 0 aliphatic carbocycles. The minimum Gasteiger partial charge on any atom is -0.481 e. The second kappa shape index (κ2) is 7.65. The van der Waals surface area contributed by atoms with Crippen molar-refractivity contribution >= 4 is 11.9 Å². The summed E-state index contributed by atoms with van der Waals surface area (Å²) in [5, 5.41) is 20.9. The van der Waals surface area contributed by atoms with E-state index in [1.165, 1.54) is 12.5 Å². The largest absolute Gasteiger partial charge is 0.481 e. The van der Waals surface area contributed by atoms with E-state index in [4.69, 9.17) is 5.11 Å². The van der Waals surface area contributed by atoms with Crippen LogP contribution in [0.25, 0.3) is 0 Å². The predicted molar refractivity (Wildman–Crippen MR) is 75.3 cm³/mol. The van der Waals surface area contributed by atoms with Crippen LogP contribution in [0, 0.1) is 0 Å². The van der Waals surface area contributed by atoms with Gasteiger partial charge in [-0.2, -0.15) is 0 Å². The third-order valence-corrected chi connectivity index (χ3v) is 2.91. The number of hydrogen-bond donors (Lipinski definition) is 3. The fourth-order valence-corrected chi connectivity index (χ4v) is 1.86. The van der Waals surface area contributed by atoms with Crippen molar-refractivity contribution in [2.24, 2.45) is 0 Å². The van der Waals surface area contributed by atoms with Gasteiger partial charge in [0.1, 0.15) is 0 Å². The first kappa shape index (κ1) is 16.2. The van der Waals surface area contributed by atoms with Crippen LogP contribution in [0.15, 0.2) is 30.3 Å². The van der Waals surface area contributed by atoms with Gasteiger partial charge in [0.2, 0.25) is 5.91 Å². The van der Waals surface area contributed by atoms with E-state index in [9.17, 15) is 14.7 Å². The SMILES string of the molecule is CC(O)(CNC(=O)CCCc1ccccc1)CC(=O)O. The van der Waals surface area contributed by atoms with Crippen LogP contribution in [0.1, 0.15) is 31.7 Å². The molecule has 0 saturated carbocycles. The third-order valence-electron chi connectivity index (χ3n) is 2.91. The highest BCUT2D eigenvalue weighted by Crippen LogP contribution is 2.08. The summed E-state index contributed by atoms with van der Waals surface area (Å²) in [4.78, 5) is 22.1. The summed E-state index contributed by atoms with van der Waals surface area (Å²) >= 11 is 0. The van der Waals surface area contributed by atoms with Gasteiger partial charge in [0.25, 0.3) is 0 Å². The Kier molecular flexibility index (Phi) is 6.18. The van der Waals surface area contributed by atoms with Crippen molar-refractivity contribution in [3.63, 3.8) is 0 Å². The molecule has 0 radical (unpaired) electrons. The molecule has 1 rings (SSSR count). The first-order valence-electron chi connectivity index (χ1n) is 6.64. The Bertz CT molecular complexity index is 442. The molecule has 3 N–H and O–H groups in total. The molecule has 110 valence electrons. The maximum atomic E-state index is 11.6. The van der Waals surface area contributed by atoms with Crippen molar-refractivity contribution in [2.45, 2.75) is 38.2 Å². The molecular formula is C15H21NO4. The van der Waals surface area contributed by atoms with E-state index < -0.39 is 18.0 Å². The smallest absolute Gasteiger partial charge is 0.306 e. The third kappa shape index (κ3) is 6.89. The Hall–Kier alpha value is -1.88. The lowest BCUT2D eigenvalue weighted by Crippen LogP contribution is -2.42. The standard InChI is InChI=1S/C15H21NO4/c1-15(20,10-14(18)19)11-16-13(17)9-5-8-12-6-3-2-4-7-12/h2-4,6-7,20H,5,8-11H2,1H3,(H,16,17)(H,18,19). The van der Waals surface area contributed by atoms with Gasteiger partial charge in [-0.3, -0.25) is 9.59 Å². The van der Waals surface area contributed by atoms with Gasteiger partial charge in [-0.25, -0.2) is 0 Å².